The van der Waals surface area contributed by atoms with Gasteiger partial charge in [-0.25, -0.2) is 10.2 Å². The summed E-state index contributed by atoms with van der Waals surface area (Å²) in [6.45, 7) is 2.23. The zero-order chi connectivity index (χ0) is 24.6. The molecule has 0 spiro atoms. The van der Waals surface area contributed by atoms with Crippen molar-refractivity contribution in [3.05, 3.63) is 58.6 Å². The molecule has 1 N–H and O–H groups in total. The highest BCUT2D eigenvalue weighted by molar-refractivity contribution is 6.30. The van der Waals surface area contributed by atoms with Crippen molar-refractivity contribution in [2.24, 2.45) is 5.10 Å². The number of unbranched alkanes of at least 4 members (excludes halogenated alkanes) is 8. The number of benzene rings is 2. The fourth-order valence-corrected chi connectivity index (χ4v) is 3.55. The Kier molecular flexibility index (Phi) is 12.8. The van der Waals surface area contributed by atoms with Crippen LogP contribution in [0, 0.1) is 0 Å². The minimum atomic E-state index is -0.514. The molecule has 0 radical (unpaired) electrons. The molecule has 2 aromatic rings. The average Bonchev–Trinajstić information content (AvgIpc) is 2.84. The molecule has 0 aliphatic rings. The van der Waals surface area contributed by atoms with Gasteiger partial charge in [-0.3, -0.25) is 4.79 Å². The van der Waals surface area contributed by atoms with Gasteiger partial charge in [0.15, 0.2) is 11.5 Å². The number of carbonyl (C=O) groups is 2. The van der Waals surface area contributed by atoms with Crippen molar-refractivity contribution in [2.75, 3.05) is 7.11 Å². The van der Waals surface area contributed by atoms with Crippen LogP contribution in [-0.4, -0.2) is 25.2 Å². The Labute approximate surface area is 207 Å². The number of hydrogen-bond donors (Lipinski definition) is 1. The van der Waals surface area contributed by atoms with Crippen molar-refractivity contribution in [1.29, 1.82) is 0 Å². The fraction of sp³-hybridized carbons (Fsp3) is 0.444. The summed E-state index contributed by atoms with van der Waals surface area (Å²) < 4.78 is 10.8. The van der Waals surface area contributed by atoms with Crippen LogP contribution >= 0.6 is 11.6 Å². The largest absolute Gasteiger partial charge is 0.493 e. The topological polar surface area (TPSA) is 77.0 Å². The summed E-state index contributed by atoms with van der Waals surface area (Å²) in [5.74, 6) is 0.0566. The summed E-state index contributed by atoms with van der Waals surface area (Å²) in [5.41, 5.74) is 3.64. The number of amides is 1. The van der Waals surface area contributed by atoms with Gasteiger partial charge >= 0.3 is 5.97 Å². The Morgan fingerprint density at radius 1 is 0.912 bits per heavy atom. The standard InChI is InChI=1S/C27H35ClN2O4/c1-3-4-5-6-7-8-9-10-11-12-26(31)30-29-20-21-13-18-24(25(19-21)33-2)34-27(32)22-14-16-23(28)17-15-22/h13-20H,3-12H2,1-2H3,(H,30,31)/b29-20-. The first-order valence-corrected chi connectivity index (χ1v) is 12.4. The monoisotopic (exact) mass is 486 g/mol. The van der Waals surface area contributed by atoms with Gasteiger partial charge in [0.1, 0.15) is 0 Å². The van der Waals surface area contributed by atoms with Gasteiger partial charge < -0.3 is 9.47 Å². The number of rotatable bonds is 15. The van der Waals surface area contributed by atoms with Gasteiger partial charge in [-0.2, -0.15) is 5.10 Å². The van der Waals surface area contributed by atoms with Crippen molar-refractivity contribution in [3.8, 4) is 11.5 Å². The number of nitrogens with one attached hydrogen (secondary N) is 1. The molecule has 0 atom stereocenters. The van der Waals surface area contributed by atoms with Crippen LogP contribution in [0.4, 0.5) is 0 Å². The van der Waals surface area contributed by atoms with E-state index < -0.39 is 5.97 Å². The van der Waals surface area contributed by atoms with Crippen LogP contribution in [0.5, 0.6) is 11.5 Å². The van der Waals surface area contributed by atoms with E-state index in [1.54, 1.807) is 42.5 Å². The number of ether oxygens (including phenoxy) is 2. The zero-order valence-corrected chi connectivity index (χ0v) is 20.9. The lowest BCUT2D eigenvalue weighted by Gasteiger charge is -2.10. The number of esters is 1. The van der Waals surface area contributed by atoms with E-state index in [0.29, 0.717) is 28.3 Å². The van der Waals surface area contributed by atoms with Crippen LogP contribution in [-0.2, 0) is 4.79 Å². The molecule has 0 heterocycles. The van der Waals surface area contributed by atoms with Crippen molar-refractivity contribution in [3.63, 3.8) is 0 Å². The molecule has 1 amide bonds. The maximum Gasteiger partial charge on any atom is 0.343 e. The normalized spacial score (nSPS) is 10.9. The van der Waals surface area contributed by atoms with Crippen LogP contribution in [0.2, 0.25) is 5.02 Å². The highest BCUT2D eigenvalue weighted by atomic mass is 35.5. The van der Waals surface area contributed by atoms with E-state index in [1.807, 2.05) is 0 Å². The Morgan fingerprint density at radius 3 is 2.21 bits per heavy atom. The minimum Gasteiger partial charge on any atom is -0.493 e. The third-order valence-corrected chi connectivity index (χ3v) is 5.63. The van der Waals surface area contributed by atoms with Crippen LogP contribution in [0.1, 0.15) is 87.1 Å². The molecule has 0 aliphatic heterocycles. The predicted octanol–water partition coefficient (Wildman–Crippen LogP) is 6.94. The molecule has 0 saturated heterocycles. The molecule has 0 unspecified atom stereocenters. The highest BCUT2D eigenvalue weighted by Gasteiger charge is 2.13. The second kappa shape index (κ2) is 15.9. The van der Waals surface area contributed by atoms with Crippen LogP contribution in [0.15, 0.2) is 47.6 Å². The van der Waals surface area contributed by atoms with E-state index in [1.165, 1.54) is 58.3 Å². The second-order valence-corrected chi connectivity index (χ2v) is 8.61. The van der Waals surface area contributed by atoms with Crippen LogP contribution in [0.25, 0.3) is 0 Å². The van der Waals surface area contributed by atoms with E-state index >= 15 is 0 Å². The Bertz CT molecular complexity index is 929. The maximum atomic E-state index is 12.3. The first kappa shape index (κ1) is 27.4. The van der Waals surface area contributed by atoms with Gasteiger partial charge in [0.05, 0.1) is 18.9 Å². The molecule has 7 heteroatoms. The third kappa shape index (κ3) is 10.4. The number of nitrogens with zero attached hydrogens (tertiary/aromatic N) is 1. The van der Waals surface area contributed by atoms with Crippen molar-refractivity contribution in [2.45, 2.75) is 71.1 Å². The molecule has 2 rings (SSSR count). The molecule has 0 bridgehead atoms. The minimum absolute atomic E-state index is 0.0975. The van der Waals surface area contributed by atoms with E-state index in [2.05, 4.69) is 17.5 Å². The Morgan fingerprint density at radius 2 is 1.56 bits per heavy atom. The molecule has 184 valence electrons. The number of carbonyl (C=O) groups excluding carboxylic acids is 2. The lowest BCUT2D eigenvalue weighted by molar-refractivity contribution is -0.121. The number of hydrazone groups is 1. The molecule has 6 nitrogen and oxygen atoms in total. The molecule has 0 saturated carbocycles. The molecular weight excluding hydrogens is 452 g/mol. The lowest BCUT2D eigenvalue weighted by atomic mass is 10.1. The molecule has 0 aliphatic carbocycles. The number of hydrogen-bond acceptors (Lipinski definition) is 5. The summed E-state index contributed by atoms with van der Waals surface area (Å²) in [6.07, 6.45) is 12.9. The van der Waals surface area contributed by atoms with Crippen LogP contribution < -0.4 is 14.9 Å². The van der Waals surface area contributed by atoms with Gasteiger partial charge in [0.25, 0.3) is 0 Å². The van der Waals surface area contributed by atoms with Gasteiger partial charge in [0, 0.05) is 11.4 Å². The van der Waals surface area contributed by atoms with Gasteiger partial charge in [-0.15, -0.1) is 0 Å². The third-order valence-electron chi connectivity index (χ3n) is 5.38. The Balaban J connectivity index is 1.73. The van der Waals surface area contributed by atoms with Crippen molar-refractivity contribution < 1.29 is 19.1 Å². The summed E-state index contributed by atoms with van der Waals surface area (Å²) in [4.78, 5) is 24.3. The van der Waals surface area contributed by atoms with Crippen LogP contribution in [0.3, 0.4) is 0 Å². The summed E-state index contributed by atoms with van der Waals surface area (Å²) >= 11 is 5.85. The van der Waals surface area contributed by atoms with Gasteiger partial charge in [-0.1, -0.05) is 69.9 Å². The second-order valence-electron chi connectivity index (χ2n) is 8.18. The summed E-state index contributed by atoms with van der Waals surface area (Å²) in [5, 5.41) is 4.56. The zero-order valence-electron chi connectivity index (χ0n) is 20.1. The van der Waals surface area contributed by atoms with Gasteiger partial charge in [-0.05, 0) is 54.4 Å². The average molecular weight is 487 g/mol. The smallest absolute Gasteiger partial charge is 0.343 e. The van der Waals surface area contributed by atoms with Crippen molar-refractivity contribution in [1.82, 2.24) is 5.43 Å². The predicted molar refractivity (Wildman–Crippen MR) is 137 cm³/mol. The molecule has 34 heavy (non-hydrogen) atoms. The van der Waals surface area contributed by atoms with E-state index in [-0.39, 0.29) is 11.7 Å². The number of halogens is 1. The molecule has 2 aromatic carbocycles. The Hall–Kier alpha value is -2.86. The number of methoxy groups -OCH3 is 1. The fourth-order valence-electron chi connectivity index (χ4n) is 3.42. The van der Waals surface area contributed by atoms with Gasteiger partial charge in [0.2, 0.25) is 5.91 Å². The summed E-state index contributed by atoms with van der Waals surface area (Å²) in [6, 6.07) is 11.5. The van der Waals surface area contributed by atoms with Crippen molar-refractivity contribution >= 4 is 29.7 Å². The van der Waals surface area contributed by atoms with E-state index in [9.17, 15) is 9.59 Å². The molecule has 0 fully saturated rings. The summed E-state index contributed by atoms with van der Waals surface area (Å²) in [7, 11) is 1.49. The highest BCUT2D eigenvalue weighted by Crippen LogP contribution is 2.28. The molecule has 0 aromatic heterocycles. The maximum absolute atomic E-state index is 12.3. The SMILES string of the molecule is CCCCCCCCCCCC(=O)N/N=C\c1ccc(OC(=O)c2ccc(Cl)cc2)c(OC)c1. The first-order chi connectivity index (χ1) is 16.5. The molecular formula is C27H35ClN2O4. The van der Waals surface area contributed by atoms with E-state index in [0.717, 1.165) is 12.8 Å². The quantitative estimate of drug-likeness (QED) is 0.0972. The lowest BCUT2D eigenvalue weighted by Crippen LogP contribution is -2.16. The first-order valence-electron chi connectivity index (χ1n) is 12.0. The van der Waals surface area contributed by atoms with E-state index in [4.69, 9.17) is 21.1 Å².